The van der Waals surface area contributed by atoms with Crippen LogP contribution in [-0.2, 0) is 22.7 Å². The van der Waals surface area contributed by atoms with E-state index < -0.39 is 63.9 Å². The maximum atomic E-state index is 14.5. The molecule has 1 aromatic heterocycles. The van der Waals surface area contributed by atoms with Crippen molar-refractivity contribution in [3.05, 3.63) is 32.9 Å². The predicted molar refractivity (Wildman–Crippen MR) is 74.8 cm³/mol. The highest BCUT2D eigenvalue weighted by molar-refractivity contribution is 7.60. The van der Waals surface area contributed by atoms with Gasteiger partial charge in [0.25, 0.3) is 5.56 Å². The van der Waals surface area contributed by atoms with E-state index in [4.69, 9.17) is 19.4 Å². The lowest BCUT2D eigenvalue weighted by molar-refractivity contribution is -0.178. The van der Waals surface area contributed by atoms with Gasteiger partial charge in [-0.05, 0) is 0 Å². The molecule has 1 aromatic rings. The topological polar surface area (TPSA) is 198 Å². The van der Waals surface area contributed by atoms with Crippen molar-refractivity contribution in [1.82, 2.24) is 9.55 Å². The molecular weight excluding hydrogens is 412 g/mol. The average molecular weight is 424 g/mol. The Balaban J connectivity index is 2.15. The Morgan fingerprint density at radius 1 is 1.38 bits per heavy atom. The first-order valence-corrected chi connectivity index (χ1v) is 9.54. The number of phosphoric acid groups is 2. The van der Waals surface area contributed by atoms with E-state index in [9.17, 15) is 32.6 Å². The average Bonchev–Trinajstić information content (AvgIpc) is 2.74. The molecule has 2 heterocycles. The molecule has 0 saturated carbocycles. The molecule has 17 heteroatoms. The molecule has 5 N–H and O–H groups in total. The van der Waals surface area contributed by atoms with Gasteiger partial charge in [0.15, 0.2) is 6.23 Å². The zero-order valence-electron chi connectivity index (χ0n) is 12.4. The number of halogens is 2. The van der Waals surface area contributed by atoms with Crippen LogP contribution < -0.4 is 11.2 Å². The van der Waals surface area contributed by atoms with Crippen LogP contribution in [0, 0.1) is 5.82 Å². The zero-order chi connectivity index (χ0) is 19.9. The van der Waals surface area contributed by atoms with Crippen molar-refractivity contribution in [2.45, 2.75) is 24.6 Å². The molecule has 1 aliphatic rings. The van der Waals surface area contributed by atoms with Crippen LogP contribution in [0.4, 0.5) is 8.78 Å². The van der Waals surface area contributed by atoms with Crippen molar-refractivity contribution in [2.75, 3.05) is 6.61 Å². The lowest BCUT2D eigenvalue weighted by Gasteiger charge is -2.22. The van der Waals surface area contributed by atoms with Gasteiger partial charge in [-0.3, -0.25) is 18.9 Å². The van der Waals surface area contributed by atoms with Crippen molar-refractivity contribution in [3.63, 3.8) is 0 Å². The SMILES string of the molecule is O=c1[nH]c(=O)n([C@@H]2O[C@](F)(COP(=O)(O)OP(=O)(O)O)C[C@H]2O)cc1F. The molecule has 1 aliphatic heterocycles. The molecular formula is C9H12F2N2O11P2. The number of hydrogen-bond acceptors (Lipinski definition) is 8. The van der Waals surface area contributed by atoms with E-state index >= 15 is 0 Å². The number of ether oxygens (including phenoxy) is 1. The van der Waals surface area contributed by atoms with Crippen LogP contribution in [-0.4, -0.2) is 47.9 Å². The molecule has 0 aromatic carbocycles. The molecule has 13 nitrogen and oxygen atoms in total. The monoisotopic (exact) mass is 424 g/mol. The van der Waals surface area contributed by atoms with E-state index in [0.29, 0.717) is 10.8 Å². The highest BCUT2D eigenvalue weighted by Gasteiger charge is 2.50. The summed E-state index contributed by atoms with van der Waals surface area (Å²) >= 11 is 0. The second-order valence-electron chi connectivity index (χ2n) is 5.12. The summed E-state index contributed by atoms with van der Waals surface area (Å²) in [5.74, 6) is -4.44. The summed E-state index contributed by atoms with van der Waals surface area (Å²) in [5.41, 5.74) is -2.59. The van der Waals surface area contributed by atoms with Gasteiger partial charge in [-0.1, -0.05) is 0 Å². The Kier molecular flexibility index (Phi) is 5.69. The number of phosphoric ester groups is 1. The van der Waals surface area contributed by atoms with Gasteiger partial charge in [0, 0.05) is 6.42 Å². The highest BCUT2D eigenvalue weighted by Crippen LogP contribution is 2.58. The van der Waals surface area contributed by atoms with Crippen LogP contribution in [0.5, 0.6) is 0 Å². The van der Waals surface area contributed by atoms with Gasteiger partial charge in [-0.2, -0.15) is 8.70 Å². The number of alkyl halides is 1. The summed E-state index contributed by atoms with van der Waals surface area (Å²) in [6, 6.07) is 0. The molecule has 1 unspecified atom stereocenters. The molecule has 0 amide bonds. The fraction of sp³-hybridized carbons (Fsp3) is 0.556. The van der Waals surface area contributed by atoms with Crippen molar-refractivity contribution in [2.24, 2.45) is 0 Å². The molecule has 1 fully saturated rings. The number of nitrogens with one attached hydrogen (secondary N) is 1. The van der Waals surface area contributed by atoms with E-state index in [0.717, 1.165) is 0 Å². The fourth-order valence-electron chi connectivity index (χ4n) is 2.08. The minimum atomic E-state index is -5.43. The van der Waals surface area contributed by atoms with E-state index in [1.54, 1.807) is 4.98 Å². The first-order chi connectivity index (χ1) is 11.7. The Hall–Kier alpha value is -1.28. The van der Waals surface area contributed by atoms with Crippen LogP contribution in [0.3, 0.4) is 0 Å². The summed E-state index contributed by atoms with van der Waals surface area (Å²) in [7, 11) is -10.8. The van der Waals surface area contributed by atoms with E-state index in [1.807, 2.05) is 0 Å². The molecule has 0 bridgehead atoms. The summed E-state index contributed by atoms with van der Waals surface area (Å²) < 4.78 is 62.1. The van der Waals surface area contributed by atoms with Crippen molar-refractivity contribution < 1.29 is 51.3 Å². The summed E-state index contributed by atoms with van der Waals surface area (Å²) in [5, 5.41) is 9.80. The Morgan fingerprint density at radius 2 is 2.00 bits per heavy atom. The van der Waals surface area contributed by atoms with Crippen molar-refractivity contribution in [1.29, 1.82) is 0 Å². The highest BCUT2D eigenvalue weighted by atomic mass is 31.3. The normalized spacial score (nSPS) is 28.8. The summed E-state index contributed by atoms with van der Waals surface area (Å²) in [4.78, 5) is 50.1. The molecule has 4 atom stereocenters. The van der Waals surface area contributed by atoms with Crippen LogP contribution in [0.1, 0.15) is 12.6 Å². The second-order valence-corrected chi connectivity index (χ2v) is 7.95. The number of aromatic amines is 1. The first-order valence-electron chi connectivity index (χ1n) is 6.51. The van der Waals surface area contributed by atoms with Crippen LogP contribution >= 0.6 is 15.6 Å². The van der Waals surface area contributed by atoms with Crippen LogP contribution in [0.2, 0.25) is 0 Å². The number of nitrogens with zero attached hydrogens (tertiary/aromatic N) is 1. The maximum absolute atomic E-state index is 14.5. The smallest absolute Gasteiger partial charge is 0.388 e. The number of aromatic nitrogens is 2. The molecule has 26 heavy (non-hydrogen) atoms. The van der Waals surface area contributed by atoms with Gasteiger partial charge in [0.05, 0.1) is 6.20 Å². The third kappa shape index (κ3) is 5.13. The van der Waals surface area contributed by atoms with Gasteiger partial charge in [0.2, 0.25) is 11.7 Å². The fourth-order valence-corrected chi connectivity index (χ4v) is 3.70. The van der Waals surface area contributed by atoms with E-state index in [2.05, 4.69) is 8.83 Å². The largest absolute Gasteiger partial charge is 0.481 e. The molecule has 0 radical (unpaired) electrons. The van der Waals surface area contributed by atoms with Gasteiger partial charge in [0.1, 0.15) is 12.7 Å². The Labute approximate surface area is 141 Å². The Morgan fingerprint density at radius 3 is 2.58 bits per heavy atom. The third-order valence-corrected chi connectivity index (χ3v) is 5.16. The van der Waals surface area contributed by atoms with Gasteiger partial charge in [-0.15, -0.1) is 0 Å². The van der Waals surface area contributed by atoms with E-state index in [1.165, 1.54) is 0 Å². The predicted octanol–water partition coefficient (Wildman–Crippen LogP) is -1.15. The van der Waals surface area contributed by atoms with Crippen molar-refractivity contribution >= 4 is 15.6 Å². The number of H-pyrrole nitrogens is 1. The van der Waals surface area contributed by atoms with Crippen LogP contribution in [0.25, 0.3) is 0 Å². The lowest BCUT2D eigenvalue weighted by Crippen LogP contribution is -2.37. The quantitative estimate of drug-likeness (QED) is 0.346. The number of aliphatic hydroxyl groups is 1. The standard InChI is InChI=1S/C9H12F2N2O11P2/c10-4-2-13(8(16)12-6(4)15)7-5(14)1-9(11,23-7)3-22-26(20,21)24-25(17,18)19/h2,5,7,14H,1,3H2,(H,20,21)(H,12,15,16)(H2,17,18,19)/t5-,7-,9+/m1/s1. The minimum absolute atomic E-state index is 0.341. The van der Waals surface area contributed by atoms with Gasteiger partial charge < -0.3 is 24.5 Å². The van der Waals surface area contributed by atoms with Gasteiger partial charge >= 0.3 is 21.3 Å². The van der Waals surface area contributed by atoms with Crippen LogP contribution in [0.15, 0.2) is 15.8 Å². The minimum Gasteiger partial charge on any atom is -0.388 e. The maximum Gasteiger partial charge on any atom is 0.481 e. The summed E-state index contributed by atoms with van der Waals surface area (Å²) in [6.45, 7) is -1.44. The third-order valence-electron chi connectivity index (χ3n) is 3.03. The second kappa shape index (κ2) is 7.03. The number of rotatable bonds is 6. The number of hydrogen-bond donors (Lipinski definition) is 5. The molecule has 2 rings (SSSR count). The van der Waals surface area contributed by atoms with Gasteiger partial charge in [-0.25, -0.2) is 18.3 Å². The lowest BCUT2D eigenvalue weighted by atomic mass is 10.2. The molecule has 148 valence electrons. The Bertz CT molecular complexity index is 896. The van der Waals surface area contributed by atoms with E-state index in [-0.39, 0.29) is 0 Å². The summed E-state index contributed by atoms with van der Waals surface area (Å²) in [6.07, 6.45) is -4.17. The zero-order valence-corrected chi connectivity index (χ0v) is 14.2. The molecule has 0 aliphatic carbocycles. The number of aliphatic hydroxyl groups excluding tert-OH is 1. The first kappa shape index (κ1) is 21.0. The molecule has 0 spiro atoms. The van der Waals surface area contributed by atoms with Crippen molar-refractivity contribution in [3.8, 4) is 0 Å². The molecule has 1 saturated heterocycles.